The van der Waals surface area contributed by atoms with Gasteiger partial charge in [-0.1, -0.05) is 36.4 Å². The molecule has 0 fully saturated rings. The highest BCUT2D eigenvalue weighted by Crippen LogP contribution is 2.30. The van der Waals surface area contributed by atoms with E-state index < -0.39 is 11.6 Å². The number of rotatable bonds is 4. The van der Waals surface area contributed by atoms with Crippen LogP contribution in [0.4, 0.5) is 0 Å². The molecule has 2 aromatic rings. The Bertz CT molecular complexity index is 803. The Labute approximate surface area is 146 Å². The molecule has 1 aliphatic heterocycles. The molecular weight excluding hydrogens is 318 g/mol. The molecule has 1 aliphatic rings. The molecule has 0 spiro atoms. The number of fused-ring (bicyclic) bond motifs is 1. The summed E-state index contributed by atoms with van der Waals surface area (Å²) in [4.78, 5) is 26.1. The molecule has 130 valence electrons. The van der Waals surface area contributed by atoms with E-state index >= 15 is 0 Å². The molecule has 0 saturated heterocycles. The van der Waals surface area contributed by atoms with Crippen LogP contribution in [0.15, 0.2) is 48.5 Å². The zero-order valence-electron chi connectivity index (χ0n) is 14.4. The van der Waals surface area contributed by atoms with Gasteiger partial charge >= 0.3 is 5.97 Å². The molecule has 25 heavy (non-hydrogen) atoms. The van der Waals surface area contributed by atoms with Gasteiger partial charge in [0.2, 0.25) is 0 Å². The minimum atomic E-state index is -1.07. The van der Waals surface area contributed by atoms with Crippen LogP contribution in [0.5, 0.6) is 0 Å². The Hall–Kier alpha value is -2.66. The third-order valence-electron chi connectivity index (χ3n) is 4.89. The largest absolute Gasteiger partial charge is 0.478 e. The monoisotopic (exact) mass is 339 g/mol. The zero-order valence-corrected chi connectivity index (χ0v) is 14.4. The Morgan fingerprint density at radius 2 is 1.84 bits per heavy atom. The van der Waals surface area contributed by atoms with Crippen LogP contribution in [0.3, 0.4) is 0 Å². The molecule has 1 N–H and O–H groups in total. The standard InChI is InChI=1S/C20H21NO4/c1-20(25-2,17-6-4-3-5-7-17)19(24)21-11-10-14-8-9-15(18(22)23)12-16(14)13-21/h3-9,12H,10-11,13H2,1-2H3,(H,22,23). The lowest BCUT2D eigenvalue weighted by Crippen LogP contribution is -2.48. The van der Waals surface area contributed by atoms with Crippen LogP contribution in [0.1, 0.15) is 34.0 Å². The number of carbonyl (C=O) groups excluding carboxylic acids is 1. The zero-order chi connectivity index (χ0) is 18.0. The minimum Gasteiger partial charge on any atom is -0.478 e. The lowest BCUT2D eigenvalue weighted by Gasteiger charge is -2.36. The summed E-state index contributed by atoms with van der Waals surface area (Å²) in [7, 11) is 1.53. The van der Waals surface area contributed by atoms with Gasteiger partial charge in [0.15, 0.2) is 5.60 Å². The number of carbonyl (C=O) groups is 2. The fraction of sp³-hybridized carbons (Fsp3) is 0.300. The topological polar surface area (TPSA) is 66.8 Å². The van der Waals surface area contributed by atoms with Gasteiger partial charge in [-0.2, -0.15) is 0 Å². The van der Waals surface area contributed by atoms with Gasteiger partial charge in [-0.25, -0.2) is 4.79 Å². The number of benzene rings is 2. The van der Waals surface area contributed by atoms with Crippen molar-refractivity contribution in [2.45, 2.75) is 25.5 Å². The van der Waals surface area contributed by atoms with E-state index in [0.717, 1.165) is 16.7 Å². The number of carboxylic acids is 1. The number of aromatic carboxylic acids is 1. The molecule has 3 rings (SSSR count). The van der Waals surface area contributed by atoms with Gasteiger partial charge in [0.1, 0.15) is 0 Å². The number of hydrogen-bond donors (Lipinski definition) is 1. The molecule has 0 bridgehead atoms. The third kappa shape index (κ3) is 3.15. The predicted molar refractivity (Wildman–Crippen MR) is 93.3 cm³/mol. The van der Waals surface area contributed by atoms with Gasteiger partial charge in [-0.05, 0) is 42.2 Å². The van der Waals surface area contributed by atoms with Crippen LogP contribution < -0.4 is 0 Å². The second-order valence-electron chi connectivity index (χ2n) is 6.37. The van der Waals surface area contributed by atoms with Crippen LogP contribution in [0, 0.1) is 0 Å². The summed E-state index contributed by atoms with van der Waals surface area (Å²) in [6.07, 6.45) is 0.704. The molecule has 5 heteroatoms. The number of nitrogens with zero attached hydrogens (tertiary/aromatic N) is 1. The molecule has 0 saturated carbocycles. The summed E-state index contributed by atoms with van der Waals surface area (Å²) in [6.45, 7) is 2.75. The van der Waals surface area contributed by atoms with E-state index in [-0.39, 0.29) is 11.5 Å². The van der Waals surface area contributed by atoms with Crippen LogP contribution in [0.2, 0.25) is 0 Å². The van der Waals surface area contributed by atoms with E-state index in [1.54, 1.807) is 24.0 Å². The number of methoxy groups -OCH3 is 1. The van der Waals surface area contributed by atoms with E-state index in [2.05, 4.69) is 0 Å². The highest BCUT2D eigenvalue weighted by atomic mass is 16.5. The summed E-state index contributed by atoms with van der Waals surface area (Å²) < 4.78 is 5.60. The van der Waals surface area contributed by atoms with E-state index in [9.17, 15) is 14.7 Å². The lowest BCUT2D eigenvalue weighted by atomic mass is 9.91. The highest BCUT2D eigenvalue weighted by molar-refractivity contribution is 5.88. The second kappa shape index (κ2) is 6.69. The van der Waals surface area contributed by atoms with E-state index in [0.29, 0.717) is 19.5 Å². The van der Waals surface area contributed by atoms with Crippen molar-refractivity contribution in [1.82, 2.24) is 4.90 Å². The first kappa shape index (κ1) is 17.2. The van der Waals surface area contributed by atoms with Crippen molar-refractivity contribution in [1.29, 1.82) is 0 Å². The van der Waals surface area contributed by atoms with Gasteiger partial charge in [0.05, 0.1) is 5.56 Å². The maximum atomic E-state index is 13.2. The van der Waals surface area contributed by atoms with Crippen molar-refractivity contribution in [3.63, 3.8) is 0 Å². The first-order chi connectivity index (χ1) is 12.0. The molecule has 0 aliphatic carbocycles. The van der Waals surface area contributed by atoms with Crippen molar-refractivity contribution >= 4 is 11.9 Å². The van der Waals surface area contributed by atoms with Crippen molar-refractivity contribution in [2.75, 3.05) is 13.7 Å². The molecule has 0 radical (unpaired) electrons. The van der Waals surface area contributed by atoms with Crippen molar-refractivity contribution in [3.8, 4) is 0 Å². The number of ether oxygens (including phenoxy) is 1. The summed E-state index contributed by atoms with van der Waals surface area (Å²) in [5, 5.41) is 9.18. The van der Waals surface area contributed by atoms with Crippen molar-refractivity contribution in [3.05, 3.63) is 70.8 Å². The average Bonchev–Trinajstić information content (AvgIpc) is 2.66. The highest BCUT2D eigenvalue weighted by Gasteiger charge is 2.39. The number of carboxylic acid groups (broad SMARTS) is 1. The van der Waals surface area contributed by atoms with Gasteiger partial charge in [0.25, 0.3) is 5.91 Å². The van der Waals surface area contributed by atoms with Gasteiger partial charge in [-0.15, -0.1) is 0 Å². The molecule has 1 unspecified atom stereocenters. The summed E-state index contributed by atoms with van der Waals surface area (Å²) in [6, 6.07) is 14.5. The fourth-order valence-electron chi connectivity index (χ4n) is 3.25. The Kier molecular flexibility index (Phi) is 4.59. The lowest BCUT2D eigenvalue weighted by molar-refractivity contribution is -0.155. The smallest absolute Gasteiger partial charge is 0.335 e. The van der Waals surface area contributed by atoms with Gasteiger partial charge < -0.3 is 14.7 Å². The van der Waals surface area contributed by atoms with E-state index in [1.165, 1.54) is 7.11 Å². The molecule has 1 heterocycles. The molecule has 5 nitrogen and oxygen atoms in total. The van der Waals surface area contributed by atoms with Gasteiger partial charge in [-0.3, -0.25) is 4.79 Å². The normalized spacial score (nSPS) is 16.0. The van der Waals surface area contributed by atoms with E-state index in [1.807, 2.05) is 36.4 Å². The van der Waals surface area contributed by atoms with Crippen molar-refractivity contribution in [2.24, 2.45) is 0 Å². The van der Waals surface area contributed by atoms with Crippen LogP contribution >= 0.6 is 0 Å². The first-order valence-corrected chi connectivity index (χ1v) is 8.21. The fourth-order valence-corrected chi connectivity index (χ4v) is 3.25. The summed E-state index contributed by atoms with van der Waals surface area (Å²) in [5.41, 5.74) is 1.94. The van der Waals surface area contributed by atoms with Crippen LogP contribution in [-0.2, 0) is 28.1 Å². The molecule has 1 amide bonds. The van der Waals surface area contributed by atoms with Gasteiger partial charge in [0, 0.05) is 20.2 Å². The first-order valence-electron chi connectivity index (χ1n) is 8.21. The maximum Gasteiger partial charge on any atom is 0.335 e. The predicted octanol–water partition coefficient (Wildman–Crippen LogP) is 2.83. The average molecular weight is 339 g/mol. The Morgan fingerprint density at radius 1 is 1.12 bits per heavy atom. The molecule has 0 aromatic heterocycles. The SMILES string of the molecule is COC(C)(C(=O)N1CCc2ccc(C(=O)O)cc2C1)c1ccccc1. The minimum absolute atomic E-state index is 0.118. The second-order valence-corrected chi connectivity index (χ2v) is 6.37. The number of hydrogen-bond acceptors (Lipinski definition) is 3. The maximum absolute atomic E-state index is 13.2. The quantitative estimate of drug-likeness (QED) is 0.930. The molecule has 1 atom stereocenters. The Morgan fingerprint density at radius 3 is 2.48 bits per heavy atom. The number of amides is 1. The Balaban J connectivity index is 1.88. The molecule has 2 aromatic carbocycles. The van der Waals surface area contributed by atoms with Crippen LogP contribution in [-0.4, -0.2) is 35.5 Å². The molecular formula is C20H21NO4. The summed E-state index contributed by atoms with van der Waals surface area (Å²) >= 11 is 0. The summed E-state index contributed by atoms with van der Waals surface area (Å²) in [5.74, 6) is -1.08. The van der Waals surface area contributed by atoms with Crippen LogP contribution in [0.25, 0.3) is 0 Å². The third-order valence-corrected chi connectivity index (χ3v) is 4.89. The van der Waals surface area contributed by atoms with E-state index in [4.69, 9.17) is 4.74 Å². The van der Waals surface area contributed by atoms with Crippen molar-refractivity contribution < 1.29 is 19.4 Å².